The predicted molar refractivity (Wildman–Crippen MR) is 209 cm³/mol. The van der Waals surface area contributed by atoms with Gasteiger partial charge >= 0.3 is 6.09 Å². The average molecular weight is 739 g/mol. The molecule has 2 N–H and O–H groups in total. The number of allylic oxidation sites excluding steroid dienone is 1. The van der Waals surface area contributed by atoms with Gasteiger partial charge in [-0.1, -0.05) is 72.6 Å². The number of amides is 1. The number of likely N-dealkylation sites (N-methyl/N-ethyl adjacent to an activating group) is 1. The minimum absolute atomic E-state index is 0.106. The third-order valence-corrected chi connectivity index (χ3v) is 11.1. The van der Waals surface area contributed by atoms with Crippen LogP contribution < -0.4 is 9.47 Å². The van der Waals surface area contributed by atoms with Crippen LogP contribution in [0.2, 0.25) is 0 Å². The molecule has 3 aromatic rings. The van der Waals surface area contributed by atoms with Crippen molar-refractivity contribution in [3.05, 3.63) is 103 Å². The number of carbonyl (C=O) groups excluding carboxylic acids is 1. The molecule has 54 heavy (non-hydrogen) atoms. The van der Waals surface area contributed by atoms with Crippen LogP contribution in [0.15, 0.2) is 102 Å². The van der Waals surface area contributed by atoms with Gasteiger partial charge in [0.15, 0.2) is 0 Å². The average Bonchev–Trinajstić information content (AvgIpc) is 3.20. The monoisotopic (exact) mass is 738 g/mol. The highest BCUT2D eigenvalue weighted by Gasteiger charge is 2.65. The number of ether oxygens (including phenoxy) is 4. The fourth-order valence-electron chi connectivity index (χ4n) is 8.69. The SMILES string of the molecule is C=CCOC12Oc3ccc(Oc4ccc(-c5ccccc5)cc4)cc3C3C(CCCCO)C(CCCCO)C=C(C(=NOCC)CC1N(C)C(=O)OC)C32. The van der Waals surface area contributed by atoms with Gasteiger partial charge in [0, 0.05) is 38.2 Å². The summed E-state index contributed by atoms with van der Waals surface area (Å²) < 4.78 is 25.8. The van der Waals surface area contributed by atoms with Gasteiger partial charge in [0.1, 0.15) is 29.9 Å². The molecule has 6 unspecified atom stereocenters. The lowest BCUT2D eigenvalue weighted by Crippen LogP contribution is -2.69. The minimum Gasteiger partial charge on any atom is -0.459 e. The molecule has 288 valence electrons. The van der Waals surface area contributed by atoms with E-state index in [2.05, 4.69) is 48.1 Å². The molecule has 10 heteroatoms. The number of unbranched alkanes of at least 4 members (excludes halogenated alkanes) is 2. The summed E-state index contributed by atoms with van der Waals surface area (Å²) in [6.45, 7) is 6.67. The first-order valence-electron chi connectivity index (χ1n) is 19.2. The first kappa shape index (κ1) is 39.1. The maximum absolute atomic E-state index is 13.3. The van der Waals surface area contributed by atoms with Gasteiger partial charge in [0.2, 0.25) is 5.79 Å². The van der Waals surface area contributed by atoms with E-state index in [1.54, 1.807) is 18.0 Å². The second-order valence-electron chi connectivity index (χ2n) is 14.3. The predicted octanol–water partition coefficient (Wildman–Crippen LogP) is 8.50. The second-order valence-corrected chi connectivity index (χ2v) is 14.3. The van der Waals surface area contributed by atoms with E-state index >= 15 is 0 Å². The summed E-state index contributed by atoms with van der Waals surface area (Å²) in [5, 5.41) is 24.3. The lowest BCUT2D eigenvalue weighted by molar-refractivity contribution is -0.253. The Labute approximate surface area is 319 Å². The van der Waals surface area contributed by atoms with Crippen molar-refractivity contribution in [3.63, 3.8) is 0 Å². The fourth-order valence-corrected chi connectivity index (χ4v) is 8.69. The molecule has 1 amide bonds. The van der Waals surface area contributed by atoms with Crippen molar-refractivity contribution in [1.82, 2.24) is 4.90 Å². The number of hydrogen-bond acceptors (Lipinski definition) is 9. The molecule has 6 rings (SSSR count). The number of carbonyl (C=O) groups is 1. The van der Waals surface area contributed by atoms with E-state index < -0.39 is 23.8 Å². The van der Waals surface area contributed by atoms with Crippen LogP contribution >= 0.6 is 0 Å². The Morgan fingerprint density at radius 2 is 1.69 bits per heavy atom. The highest BCUT2D eigenvalue weighted by molar-refractivity contribution is 6.02. The summed E-state index contributed by atoms with van der Waals surface area (Å²) in [6.07, 6.45) is 8.59. The number of oxime groups is 1. The van der Waals surface area contributed by atoms with Crippen LogP contribution in [-0.2, 0) is 14.3 Å². The molecule has 3 aromatic carbocycles. The number of hydrogen-bond donors (Lipinski definition) is 2. The van der Waals surface area contributed by atoms with Gasteiger partial charge in [-0.2, -0.15) is 0 Å². The summed E-state index contributed by atoms with van der Waals surface area (Å²) in [7, 11) is 3.07. The summed E-state index contributed by atoms with van der Waals surface area (Å²) >= 11 is 0. The topological polar surface area (TPSA) is 119 Å². The minimum atomic E-state index is -1.33. The second kappa shape index (κ2) is 18.1. The molecule has 0 saturated heterocycles. The Balaban J connectivity index is 1.51. The number of nitrogens with zero attached hydrogens (tertiary/aromatic N) is 2. The van der Waals surface area contributed by atoms with Crippen molar-refractivity contribution in [2.75, 3.05) is 40.6 Å². The molecule has 0 radical (unpaired) electrons. The van der Waals surface area contributed by atoms with Gasteiger partial charge in [-0.3, -0.25) is 0 Å². The lowest BCUT2D eigenvalue weighted by Gasteiger charge is -2.59. The standard InChI is InChI=1S/C44H54N2O8/c1-5-26-51-44-40(46(3)43(49)50-4)29-38(45-52-6-2)36-27-32(16-10-12-24-47)35(17-11-13-25-48)41(42(36)44)37-28-34(22-23-39(37)54-44)53-33-20-18-31(19-21-33)30-14-8-7-9-15-30/h5,7-9,14-15,18-23,27-28,32,35,40-42,47-48H,1,6,10-13,16-17,24-26,29H2,2-4H3. The zero-order chi connectivity index (χ0) is 38.1. The van der Waals surface area contributed by atoms with E-state index in [-0.39, 0.29) is 37.6 Å². The highest BCUT2D eigenvalue weighted by Crippen LogP contribution is 2.62. The Morgan fingerprint density at radius 3 is 2.37 bits per heavy atom. The molecule has 0 bridgehead atoms. The van der Waals surface area contributed by atoms with Crippen molar-refractivity contribution in [2.45, 2.75) is 69.6 Å². The van der Waals surface area contributed by atoms with Crippen molar-refractivity contribution in [1.29, 1.82) is 0 Å². The van der Waals surface area contributed by atoms with Crippen LogP contribution in [0.4, 0.5) is 4.79 Å². The van der Waals surface area contributed by atoms with Gasteiger partial charge in [-0.25, -0.2) is 4.79 Å². The molecule has 1 aliphatic heterocycles. The molecule has 1 heterocycles. The van der Waals surface area contributed by atoms with E-state index in [9.17, 15) is 15.0 Å². The van der Waals surface area contributed by atoms with E-state index in [1.807, 2.05) is 49.4 Å². The van der Waals surface area contributed by atoms with Crippen molar-refractivity contribution in [2.24, 2.45) is 22.9 Å². The molecule has 2 aliphatic carbocycles. The summed E-state index contributed by atoms with van der Waals surface area (Å²) in [6, 6.07) is 23.6. The molecule has 1 fully saturated rings. The van der Waals surface area contributed by atoms with Gasteiger partial charge < -0.3 is 38.9 Å². The van der Waals surface area contributed by atoms with Gasteiger partial charge in [0.05, 0.1) is 25.3 Å². The largest absolute Gasteiger partial charge is 0.459 e. The van der Waals surface area contributed by atoms with Gasteiger partial charge in [-0.15, -0.1) is 6.58 Å². The van der Waals surface area contributed by atoms with E-state index in [0.717, 1.165) is 53.7 Å². The number of benzene rings is 3. The van der Waals surface area contributed by atoms with Crippen LogP contribution in [0.3, 0.4) is 0 Å². The van der Waals surface area contributed by atoms with Crippen molar-refractivity contribution >= 4 is 11.8 Å². The van der Waals surface area contributed by atoms with E-state index in [0.29, 0.717) is 43.1 Å². The fraction of sp³-hybridized carbons (Fsp3) is 0.455. The van der Waals surface area contributed by atoms with Crippen LogP contribution in [0.1, 0.15) is 63.4 Å². The van der Waals surface area contributed by atoms with Crippen LogP contribution in [0.5, 0.6) is 17.2 Å². The van der Waals surface area contributed by atoms with Gasteiger partial charge in [0.25, 0.3) is 0 Å². The smallest absolute Gasteiger partial charge is 0.409 e. The zero-order valence-electron chi connectivity index (χ0n) is 31.7. The number of aliphatic hydroxyl groups is 2. The Morgan fingerprint density at radius 1 is 0.981 bits per heavy atom. The molecular formula is C44H54N2O8. The van der Waals surface area contributed by atoms with Gasteiger partial charge in [-0.05, 0) is 91.5 Å². The third-order valence-electron chi connectivity index (χ3n) is 11.1. The summed E-state index contributed by atoms with van der Waals surface area (Å²) in [5.74, 6) is 0.401. The Bertz CT molecular complexity index is 1780. The first-order valence-corrected chi connectivity index (χ1v) is 19.2. The van der Waals surface area contributed by atoms with E-state index in [1.165, 1.54) is 7.11 Å². The lowest BCUT2D eigenvalue weighted by atomic mass is 9.55. The van der Waals surface area contributed by atoms with Crippen LogP contribution in [-0.4, -0.2) is 79.3 Å². The number of fused-ring (bicyclic) bond motifs is 2. The summed E-state index contributed by atoms with van der Waals surface area (Å²) in [5.41, 5.74) is 4.94. The highest BCUT2D eigenvalue weighted by atomic mass is 16.7. The maximum Gasteiger partial charge on any atom is 0.409 e. The molecule has 10 nitrogen and oxygen atoms in total. The normalized spacial score (nSPS) is 24.7. The third kappa shape index (κ3) is 8.06. The number of aliphatic hydroxyl groups excluding tert-OH is 2. The van der Waals surface area contributed by atoms with Crippen molar-refractivity contribution < 1.29 is 38.8 Å². The number of methoxy groups -OCH3 is 1. The zero-order valence-corrected chi connectivity index (χ0v) is 31.7. The van der Waals surface area contributed by atoms with Crippen LogP contribution in [0.25, 0.3) is 11.1 Å². The number of rotatable bonds is 17. The quantitative estimate of drug-likeness (QED) is 0.0804. The molecule has 0 aromatic heterocycles. The molecule has 0 spiro atoms. The molecule has 6 atom stereocenters. The van der Waals surface area contributed by atoms with E-state index in [4.69, 9.17) is 23.8 Å². The first-order chi connectivity index (χ1) is 26.4. The maximum atomic E-state index is 13.3. The summed E-state index contributed by atoms with van der Waals surface area (Å²) in [4.78, 5) is 20.6. The molecule has 3 aliphatic rings. The Kier molecular flexibility index (Phi) is 13.1. The molecular weight excluding hydrogens is 684 g/mol. The molecule has 1 saturated carbocycles. The Hall–Kier alpha value is -4.64. The van der Waals surface area contributed by atoms with Crippen LogP contribution in [0, 0.1) is 17.8 Å². The van der Waals surface area contributed by atoms with Crippen molar-refractivity contribution in [3.8, 4) is 28.4 Å².